The molecule has 3 rings (SSSR count). The second-order valence-electron chi connectivity index (χ2n) is 5.34. The molecule has 0 aliphatic heterocycles. The molecule has 0 atom stereocenters. The molecule has 3 aromatic rings. The van der Waals surface area contributed by atoms with E-state index in [0.29, 0.717) is 17.1 Å². The molecule has 0 aliphatic rings. The lowest BCUT2D eigenvalue weighted by Gasteiger charge is -2.06. The molecule has 0 saturated carbocycles. The number of hydrogen-bond acceptors (Lipinski definition) is 5. The highest BCUT2D eigenvalue weighted by molar-refractivity contribution is 6.35. The quantitative estimate of drug-likeness (QED) is 0.478. The molecular weight excluding hydrogens is 357 g/mol. The highest BCUT2D eigenvalue weighted by Gasteiger charge is 2.17. The molecule has 3 N–H and O–H groups in total. The van der Waals surface area contributed by atoms with Gasteiger partial charge < -0.3 is 14.2 Å². The van der Waals surface area contributed by atoms with E-state index < -0.39 is 23.5 Å². The van der Waals surface area contributed by atoms with E-state index in [0.717, 1.165) is 0 Å². The van der Waals surface area contributed by atoms with Gasteiger partial charge in [0.05, 0.1) is 12.8 Å². The van der Waals surface area contributed by atoms with E-state index in [2.05, 4.69) is 10.7 Å². The predicted octanol–water partition coefficient (Wildman–Crippen LogP) is 1.76. The molecule has 138 valence electrons. The molecule has 0 fully saturated rings. The molecule has 0 radical (unpaired) electrons. The van der Waals surface area contributed by atoms with Gasteiger partial charge in [-0.1, -0.05) is 0 Å². The molecule has 0 bridgehead atoms. The Morgan fingerprint density at radius 2 is 1.70 bits per heavy atom. The Bertz CT molecular complexity index is 948. The van der Waals surface area contributed by atoms with Gasteiger partial charge >= 0.3 is 17.7 Å². The molecule has 9 heteroatoms. The Morgan fingerprint density at radius 1 is 0.926 bits per heavy atom. The van der Waals surface area contributed by atoms with E-state index in [4.69, 9.17) is 8.83 Å². The molecule has 0 spiro atoms. The Labute approximate surface area is 152 Å². The fourth-order valence-corrected chi connectivity index (χ4v) is 2.12. The van der Waals surface area contributed by atoms with Gasteiger partial charge in [0.2, 0.25) is 0 Å². The summed E-state index contributed by atoms with van der Waals surface area (Å²) in [6, 6.07) is 11.7. The summed E-state index contributed by atoms with van der Waals surface area (Å²) in [6.45, 7) is 0.0341. The molecule has 0 aliphatic carbocycles. The van der Waals surface area contributed by atoms with Crippen molar-refractivity contribution >= 4 is 17.7 Å². The lowest BCUT2D eigenvalue weighted by atomic mass is 10.2. The molecule has 0 saturated heterocycles. The first-order valence-corrected chi connectivity index (χ1v) is 7.79. The van der Waals surface area contributed by atoms with Gasteiger partial charge in [0.25, 0.3) is 0 Å². The maximum atomic E-state index is 12.9. The van der Waals surface area contributed by atoms with Gasteiger partial charge in [-0.3, -0.25) is 25.2 Å². The third kappa shape index (κ3) is 4.60. The van der Waals surface area contributed by atoms with Crippen LogP contribution in [-0.2, 0) is 16.1 Å². The first kappa shape index (κ1) is 17.9. The average Bonchev–Trinajstić information content (AvgIpc) is 3.36. The monoisotopic (exact) mass is 371 g/mol. The summed E-state index contributed by atoms with van der Waals surface area (Å²) in [4.78, 5) is 35.3. The SMILES string of the molecule is O=C(NCc1ccco1)C(=O)NNC(=O)c1ccc(-c2ccc(F)cc2)o1. The fourth-order valence-electron chi connectivity index (χ4n) is 2.12. The van der Waals surface area contributed by atoms with Crippen molar-refractivity contribution in [1.29, 1.82) is 0 Å². The smallest absolute Gasteiger partial charge is 0.327 e. The minimum absolute atomic E-state index is 0.0341. The van der Waals surface area contributed by atoms with Crippen LogP contribution in [0.5, 0.6) is 0 Å². The summed E-state index contributed by atoms with van der Waals surface area (Å²) in [6.07, 6.45) is 1.44. The fraction of sp³-hybridized carbons (Fsp3) is 0.0556. The molecule has 8 nitrogen and oxygen atoms in total. The number of furan rings is 2. The van der Waals surface area contributed by atoms with Crippen LogP contribution in [0.15, 0.2) is 63.6 Å². The number of benzene rings is 1. The largest absolute Gasteiger partial charge is 0.467 e. The summed E-state index contributed by atoms with van der Waals surface area (Å²) in [5, 5.41) is 2.33. The van der Waals surface area contributed by atoms with Crippen molar-refractivity contribution in [2.45, 2.75) is 6.54 Å². The zero-order chi connectivity index (χ0) is 19.2. The van der Waals surface area contributed by atoms with Crippen LogP contribution in [0.25, 0.3) is 11.3 Å². The van der Waals surface area contributed by atoms with Gasteiger partial charge in [-0.25, -0.2) is 4.39 Å². The van der Waals surface area contributed by atoms with E-state index in [1.807, 2.05) is 5.43 Å². The number of nitrogens with one attached hydrogen (secondary N) is 3. The van der Waals surface area contributed by atoms with E-state index in [1.165, 1.54) is 42.7 Å². The van der Waals surface area contributed by atoms with Crippen LogP contribution in [0.1, 0.15) is 16.3 Å². The zero-order valence-electron chi connectivity index (χ0n) is 13.8. The van der Waals surface area contributed by atoms with Crippen molar-refractivity contribution in [2.75, 3.05) is 0 Å². The molecule has 27 heavy (non-hydrogen) atoms. The summed E-state index contributed by atoms with van der Waals surface area (Å²) >= 11 is 0. The number of rotatable bonds is 4. The summed E-state index contributed by atoms with van der Waals surface area (Å²) in [5.41, 5.74) is 4.63. The van der Waals surface area contributed by atoms with Crippen molar-refractivity contribution in [1.82, 2.24) is 16.2 Å². The first-order chi connectivity index (χ1) is 13.0. The Kier molecular flexibility index (Phi) is 5.31. The van der Waals surface area contributed by atoms with Gasteiger partial charge in [-0.05, 0) is 48.5 Å². The van der Waals surface area contributed by atoms with Crippen molar-refractivity contribution < 1.29 is 27.6 Å². The molecule has 2 aromatic heterocycles. The molecule has 2 heterocycles. The van der Waals surface area contributed by atoms with Crippen LogP contribution in [0.3, 0.4) is 0 Å². The van der Waals surface area contributed by atoms with Crippen LogP contribution in [0, 0.1) is 5.82 Å². The van der Waals surface area contributed by atoms with Gasteiger partial charge in [0, 0.05) is 5.56 Å². The number of hydrogen-bond donors (Lipinski definition) is 3. The highest BCUT2D eigenvalue weighted by atomic mass is 19.1. The number of amides is 3. The summed E-state index contributed by atoms with van der Waals surface area (Å²) in [5.74, 6) is -2.41. The molecular formula is C18H14FN3O5. The summed E-state index contributed by atoms with van der Waals surface area (Å²) in [7, 11) is 0. The molecule has 0 unspecified atom stereocenters. The van der Waals surface area contributed by atoms with E-state index >= 15 is 0 Å². The van der Waals surface area contributed by atoms with E-state index in [9.17, 15) is 18.8 Å². The van der Waals surface area contributed by atoms with Crippen LogP contribution >= 0.6 is 0 Å². The van der Waals surface area contributed by atoms with Gasteiger partial charge in [-0.15, -0.1) is 0 Å². The van der Waals surface area contributed by atoms with Gasteiger partial charge in [-0.2, -0.15) is 0 Å². The third-order valence-electron chi connectivity index (χ3n) is 3.46. The van der Waals surface area contributed by atoms with Crippen molar-refractivity contribution in [3.63, 3.8) is 0 Å². The van der Waals surface area contributed by atoms with E-state index in [-0.39, 0.29) is 12.3 Å². The third-order valence-corrected chi connectivity index (χ3v) is 3.46. The maximum absolute atomic E-state index is 12.9. The first-order valence-electron chi connectivity index (χ1n) is 7.79. The van der Waals surface area contributed by atoms with Crippen LogP contribution in [0.4, 0.5) is 4.39 Å². The lowest BCUT2D eigenvalue weighted by Crippen LogP contribution is -2.48. The standard InChI is InChI=1S/C18H14FN3O5/c19-12-5-3-11(4-6-12)14-7-8-15(27-14)16(23)21-22-18(25)17(24)20-10-13-2-1-9-26-13/h1-9H,10H2,(H,20,24)(H,21,23)(H,22,25). The van der Waals surface area contributed by atoms with Crippen LogP contribution in [-0.4, -0.2) is 17.7 Å². The highest BCUT2D eigenvalue weighted by Crippen LogP contribution is 2.22. The maximum Gasteiger partial charge on any atom is 0.327 e. The number of hydrazine groups is 1. The normalized spacial score (nSPS) is 10.3. The zero-order valence-corrected chi connectivity index (χ0v) is 13.8. The Morgan fingerprint density at radius 3 is 2.41 bits per heavy atom. The topological polar surface area (TPSA) is 114 Å². The predicted molar refractivity (Wildman–Crippen MR) is 90.3 cm³/mol. The Hall–Kier alpha value is -3.88. The van der Waals surface area contributed by atoms with Crippen LogP contribution in [0.2, 0.25) is 0 Å². The Balaban J connectivity index is 1.50. The van der Waals surface area contributed by atoms with Gasteiger partial charge in [0.1, 0.15) is 17.3 Å². The van der Waals surface area contributed by atoms with E-state index in [1.54, 1.807) is 12.1 Å². The van der Waals surface area contributed by atoms with Crippen LogP contribution < -0.4 is 16.2 Å². The average molecular weight is 371 g/mol. The number of carbonyl (C=O) groups excluding carboxylic acids is 3. The molecule has 1 aromatic carbocycles. The number of halogens is 1. The van der Waals surface area contributed by atoms with Crippen molar-refractivity contribution in [3.05, 3.63) is 72.1 Å². The van der Waals surface area contributed by atoms with Crippen molar-refractivity contribution in [2.24, 2.45) is 0 Å². The van der Waals surface area contributed by atoms with Crippen molar-refractivity contribution in [3.8, 4) is 11.3 Å². The second kappa shape index (κ2) is 8.00. The number of carbonyl (C=O) groups is 3. The second-order valence-corrected chi connectivity index (χ2v) is 5.34. The van der Waals surface area contributed by atoms with Gasteiger partial charge in [0.15, 0.2) is 5.76 Å². The lowest BCUT2D eigenvalue weighted by molar-refractivity contribution is -0.139. The molecule has 3 amide bonds. The minimum Gasteiger partial charge on any atom is -0.467 e. The summed E-state index contributed by atoms with van der Waals surface area (Å²) < 4.78 is 23.3. The minimum atomic E-state index is -1.06.